The van der Waals surface area contributed by atoms with Crippen LogP contribution in [0.15, 0.2) is 24.3 Å². The van der Waals surface area contributed by atoms with Crippen LogP contribution in [0.3, 0.4) is 0 Å². The number of carbonyl (C=O) groups excluding carboxylic acids is 3. The molecule has 0 saturated heterocycles. The van der Waals surface area contributed by atoms with Crippen LogP contribution >= 0.6 is 0 Å². The highest BCUT2D eigenvalue weighted by atomic mass is 19.1. The van der Waals surface area contributed by atoms with Gasteiger partial charge in [-0.15, -0.1) is 0 Å². The topological polar surface area (TPSA) is 82.1 Å². The van der Waals surface area contributed by atoms with Crippen molar-refractivity contribution in [3.63, 3.8) is 0 Å². The van der Waals surface area contributed by atoms with Gasteiger partial charge in [-0.05, 0) is 0 Å². The highest BCUT2D eigenvalue weighted by molar-refractivity contribution is 6.03. The maximum atomic E-state index is 14.2. The first kappa shape index (κ1) is 18.3. The second kappa shape index (κ2) is 6.67. The number of rotatable bonds is 2. The molecule has 0 N–H and O–H groups in total. The van der Waals surface area contributed by atoms with Crippen molar-refractivity contribution < 1.29 is 37.4 Å². The minimum Gasteiger partial charge on any atom is -0.453 e. The molecule has 1 aliphatic heterocycles. The summed E-state index contributed by atoms with van der Waals surface area (Å²) in [6.45, 7) is 3.41. The summed E-state index contributed by atoms with van der Waals surface area (Å²) >= 11 is 0. The van der Waals surface area contributed by atoms with Crippen molar-refractivity contribution in [3.05, 3.63) is 35.9 Å². The molecule has 0 spiro atoms. The fourth-order valence-corrected chi connectivity index (χ4v) is 2.62. The molecule has 27 heavy (non-hydrogen) atoms. The third-order valence-corrected chi connectivity index (χ3v) is 3.55. The van der Waals surface area contributed by atoms with Gasteiger partial charge >= 0.3 is 11.9 Å². The number of nitrogens with zero attached hydrogens (tertiary/aromatic N) is 1. The van der Waals surface area contributed by atoms with Crippen molar-refractivity contribution in [2.24, 2.45) is 0 Å². The van der Waals surface area contributed by atoms with Crippen molar-refractivity contribution >= 4 is 29.2 Å². The largest absolute Gasteiger partial charge is 0.453 e. The van der Waals surface area contributed by atoms with Crippen molar-refractivity contribution in [1.82, 2.24) is 0 Å². The predicted octanol–water partition coefficient (Wildman–Crippen LogP) is 3.61. The van der Waals surface area contributed by atoms with Crippen LogP contribution in [0.5, 0.6) is 23.0 Å². The molecule has 0 aromatic heterocycles. The second-order valence-corrected chi connectivity index (χ2v) is 5.64. The fourth-order valence-electron chi connectivity index (χ4n) is 2.62. The van der Waals surface area contributed by atoms with Gasteiger partial charge in [0.1, 0.15) is 0 Å². The second-order valence-electron chi connectivity index (χ2n) is 5.64. The summed E-state index contributed by atoms with van der Waals surface area (Å²) < 4.78 is 43.6. The molecule has 3 rings (SSSR count). The Morgan fingerprint density at radius 2 is 1.22 bits per heavy atom. The average Bonchev–Trinajstić information content (AvgIpc) is 2.54. The first-order valence-corrected chi connectivity index (χ1v) is 7.70. The Morgan fingerprint density at radius 1 is 0.815 bits per heavy atom. The normalized spacial score (nSPS) is 11.8. The van der Waals surface area contributed by atoms with Crippen molar-refractivity contribution in [2.45, 2.75) is 20.8 Å². The minimum atomic E-state index is -0.903. The summed E-state index contributed by atoms with van der Waals surface area (Å²) in [7, 11) is 0. The van der Waals surface area contributed by atoms with Gasteiger partial charge in [-0.25, -0.2) is 8.78 Å². The number of fused-ring (bicyclic) bond motifs is 2. The molecule has 9 heteroatoms. The number of halogens is 2. The van der Waals surface area contributed by atoms with E-state index in [0.717, 1.165) is 43.0 Å². The summed E-state index contributed by atoms with van der Waals surface area (Å²) in [6, 6.07) is 4.07. The lowest BCUT2D eigenvalue weighted by Gasteiger charge is -2.31. The molecule has 0 unspecified atom stereocenters. The summed E-state index contributed by atoms with van der Waals surface area (Å²) in [4.78, 5) is 35.4. The maximum absolute atomic E-state index is 14.2. The standard InChI is InChI=1S/C18H13F2NO6/c1-8(22)21-13-4-11(19)15(25-9(2)23)6-17(13)27-18-7-16(26-10(3)24)12(20)5-14(18)21/h4-7H,1-3H3. The SMILES string of the molecule is CC(=O)Oc1cc2c(cc1F)N(C(C)=O)c1cc(F)c(OC(C)=O)cc1O2. The highest BCUT2D eigenvalue weighted by Crippen LogP contribution is 2.50. The molecule has 0 fully saturated rings. The molecule has 2 aromatic carbocycles. The molecule has 0 radical (unpaired) electrons. The van der Waals surface area contributed by atoms with Crippen LogP contribution in [0, 0.1) is 11.6 Å². The number of ether oxygens (including phenoxy) is 3. The molecule has 7 nitrogen and oxygen atoms in total. The maximum Gasteiger partial charge on any atom is 0.308 e. The number of esters is 2. The van der Waals surface area contributed by atoms with Gasteiger partial charge in [0.15, 0.2) is 34.6 Å². The number of benzene rings is 2. The Hall–Kier alpha value is -3.49. The Kier molecular flexibility index (Phi) is 4.52. The zero-order chi connectivity index (χ0) is 19.9. The van der Waals surface area contributed by atoms with Crippen LogP contribution in [0.2, 0.25) is 0 Å². The van der Waals surface area contributed by atoms with Gasteiger partial charge in [-0.1, -0.05) is 0 Å². The van der Waals surface area contributed by atoms with Crippen LogP contribution in [0.25, 0.3) is 0 Å². The third kappa shape index (κ3) is 3.43. The van der Waals surface area contributed by atoms with Gasteiger partial charge in [0.2, 0.25) is 5.91 Å². The Morgan fingerprint density at radius 3 is 1.56 bits per heavy atom. The zero-order valence-corrected chi connectivity index (χ0v) is 14.5. The Labute approximate surface area is 152 Å². The van der Waals surface area contributed by atoms with E-state index in [1.807, 2.05) is 0 Å². The molecule has 1 amide bonds. The molecule has 0 atom stereocenters. The smallest absolute Gasteiger partial charge is 0.308 e. The van der Waals surface area contributed by atoms with Crippen molar-refractivity contribution in [2.75, 3.05) is 4.90 Å². The fraction of sp³-hybridized carbons (Fsp3) is 0.167. The summed E-state index contributed by atoms with van der Waals surface area (Å²) in [5, 5.41) is 0. The van der Waals surface area contributed by atoms with Crippen LogP contribution < -0.4 is 19.1 Å². The van der Waals surface area contributed by atoms with Crippen LogP contribution in [0.4, 0.5) is 20.2 Å². The lowest BCUT2D eigenvalue weighted by atomic mass is 10.1. The zero-order valence-electron chi connectivity index (χ0n) is 14.5. The Balaban J connectivity index is 2.16. The molecular formula is C18H13F2NO6. The van der Waals surface area contributed by atoms with Gasteiger partial charge in [0.05, 0.1) is 11.4 Å². The molecule has 0 aliphatic carbocycles. The molecular weight excluding hydrogens is 364 g/mol. The van der Waals surface area contributed by atoms with E-state index in [1.54, 1.807) is 0 Å². The molecule has 0 saturated carbocycles. The van der Waals surface area contributed by atoms with Crippen LogP contribution in [-0.2, 0) is 14.4 Å². The van der Waals surface area contributed by atoms with Crippen LogP contribution in [-0.4, -0.2) is 17.8 Å². The summed E-state index contributed by atoms with van der Waals surface area (Å²) in [5.41, 5.74) is 0.00563. The van der Waals surface area contributed by atoms with E-state index >= 15 is 0 Å². The number of hydrogen-bond donors (Lipinski definition) is 0. The highest BCUT2D eigenvalue weighted by Gasteiger charge is 2.31. The van der Waals surface area contributed by atoms with E-state index in [-0.39, 0.29) is 22.9 Å². The molecule has 140 valence electrons. The number of amides is 1. The molecule has 2 aromatic rings. The molecule has 1 heterocycles. The number of carbonyl (C=O) groups is 3. The van der Waals surface area contributed by atoms with Gasteiger partial charge in [0, 0.05) is 45.0 Å². The van der Waals surface area contributed by atoms with Gasteiger partial charge in [-0.3, -0.25) is 19.3 Å². The molecule has 0 bridgehead atoms. The monoisotopic (exact) mass is 377 g/mol. The van der Waals surface area contributed by atoms with Crippen LogP contribution in [0.1, 0.15) is 20.8 Å². The lowest BCUT2D eigenvalue weighted by Crippen LogP contribution is -2.26. The number of hydrogen-bond acceptors (Lipinski definition) is 6. The van der Waals surface area contributed by atoms with E-state index in [9.17, 15) is 23.2 Å². The average molecular weight is 377 g/mol. The van der Waals surface area contributed by atoms with E-state index in [2.05, 4.69) is 0 Å². The predicted molar refractivity (Wildman–Crippen MR) is 88.3 cm³/mol. The minimum absolute atomic E-state index is 0.00281. The summed E-state index contributed by atoms with van der Waals surface area (Å²) in [5.74, 6) is -4.63. The van der Waals surface area contributed by atoms with Crippen molar-refractivity contribution in [3.8, 4) is 23.0 Å². The lowest BCUT2D eigenvalue weighted by molar-refractivity contribution is -0.133. The first-order valence-electron chi connectivity index (χ1n) is 7.70. The van der Waals surface area contributed by atoms with Crippen molar-refractivity contribution in [1.29, 1.82) is 0 Å². The van der Waals surface area contributed by atoms with Gasteiger partial charge < -0.3 is 14.2 Å². The summed E-state index contributed by atoms with van der Waals surface area (Å²) in [6.07, 6.45) is 0. The van der Waals surface area contributed by atoms with E-state index in [1.165, 1.54) is 6.92 Å². The van der Waals surface area contributed by atoms with Gasteiger partial charge in [0.25, 0.3) is 0 Å². The first-order chi connectivity index (χ1) is 12.7. The Bertz CT molecular complexity index is 917. The third-order valence-electron chi connectivity index (χ3n) is 3.55. The van der Waals surface area contributed by atoms with E-state index in [4.69, 9.17) is 14.2 Å². The quantitative estimate of drug-likeness (QED) is 0.587. The number of anilines is 2. The van der Waals surface area contributed by atoms with E-state index < -0.39 is 41.0 Å². The van der Waals surface area contributed by atoms with Gasteiger partial charge in [-0.2, -0.15) is 0 Å². The molecule has 1 aliphatic rings. The van der Waals surface area contributed by atoms with E-state index in [0.29, 0.717) is 0 Å².